The Morgan fingerprint density at radius 1 is 1.17 bits per heavy atom. The zero-order chi connectivity index (χ0) is 8.43. The SMILES string of the molecule is CC(C)c1[c-]oc(C(C)C)n1.[Rb+]. The number of oxazole rings is 1. The molecule has 0 spiro atoms. The molecule has 3 heteroatoms. The molecule has 0 radical (unpaired) electrons. The Balaban J connectivity index is 0.00000121. The van der Waals surface area contributed by atoms with Gasteiger partial charge in [0.25, 0.3) is 0 Å². The van der Waals surface area contributed by atoms with Gasteiger partial charge in [0.2, 0.25) is 0 Å². The Kier molecular flexibility index (Phi) is 6.16. The monoisotopic (exact) mass is 237 g/mol. The maximum absolute atomic E-state index is 5.15. The summed E-state index contributed by atoms with van der Waals surface area (Å²) in [7, 11) is 0. The third kappa shape index (κ3) is 3.40. The molecule has 0 saturated carbocycles. The smallest absolute Gasteiger partial charge is 0.630 e. The summed E-state index contributed by atoms with van der Waals surface area (Å²) in [6.45, 7) is 8.28. The predicted octanol–water partition coefficient (Wildman–Crippen LogP) is -0.274. The van der Waals surface area contributed by atoms with Crippen molar-refractivity contribution in [3.05, 3.63) is 17.8 Å². The molecule has 1 aromatic rings. The quantitative estimate of drug-likeness (QED) is 0.662. The topological polar surface area (TPSA) is 26.0 Å². The van der Waals surface area contributed by atoms with E-state index in [-0.39, 0.29) is 58.2 Å². The minimum atomic E-state index is 0. The van der Waals surface area contributed by atoms with Crippen molar-refractivity contribution in [2.75, 3.05) is 0 Å². The van der Waals surface area contributed by atoms with Gasteiger partial charge in [-0.15, -0.1) is 0 Å². The van der Waals surface area contributed by atoms with Gasteiger partial charge >= 0.3 is 58.2 Å². The van der Waals surface area contributed by atoms with Gasteiger partial charge in [-0.05, 0) is 17.5 Å². The van der Waals surface area contributed by atoms with Gasteiger partial charge in [-0.3, -0.25) is 0 Å². The zero-order valence-electron chi connectivity index (χ0n) is 8.51. The molecule has 0 bridgehead atoms. The minimum Gasteiger partial charge on any atom is -0.630 e. The van der Waals surface area contributed by atoms with Crippen molar-refractivity contribution in [3.63, 3.8) is 0 Å². The van der Waals surface area contributed by atoms with Crippen LogP contribution >= 0.6 is 0 Å². The first-order chi connectivity index (χ1) is 5.11. The first kappa shape index (κ1) is 13.0. The Morgan fingerprint density at radius 2 is 1.75 bits per heavy atom. The molecular formula is C9H14NORb. The molecule has 1 rings (SSSR count). The van der Waals surface area contributed by atoms with Crippen molar-refractivity contribution < 1.29 is 62.6 Å². The van der Waals surface area contributed by atoms with Gasteiger partial charge < -0.3 is 9.40 Å². The van der Waals surface area contributed by atoms with Crippen molar-refractivity contribution in [2.45, 2.75) is 39.5 Å². The van der Waals surface area contributed by atoms with Crippen LogP contribution in [0.1, 0.15) is 51.1 Å². The normalized spacial score (nSPS) is 10.5. The zero-order valence-corrected chi connectivity index (χ0v) is 13.4. The summed E-state index contributed by atoms with van der Waals surface area (Å²) in [4.78, 5) is 4.29. The third-order valence-corrected chi connectivity index (χ3v) is 1.53. The summed E-state index contributed by atoms with van der Waals surface area (Å²) in [6, 6.07) is 0. The number of rotatable bonds is 2. The average Bonchev–Trinajstić information content (AvgIpc) is 2.33. The van der Waals surface area contributed by atoms with Gasteiger partial charge in [0.15, 0.2) is 0 Å². The van der Waals surface area contributed by atoms with Crippen molar-refractivity contribution in [3.8, 4) is 0 Å². The molecule has 0 N–H and O–H groups in total. The predicted molar refractivity (Wildman–Crippen MR) is 43.5 cm³/mol. The fraction of sp³-hybridized carbons (Fsp3) is 0.667. The molecule has 0 unspecified atom stereocenters. The standard InChI is InChI=1S/C9H14NO.Rb/c1-6(2)8-5-11-9(10-8)7(3)4;/h6-7H,1-4H3;/q-1;+1. The van der Waals surface area contributed by atoms with E-state index in [1.807, 2.05) is 0 Å². The van der Waals surface area contributed by atoms with Crippen LogP contribution in [0, 0.1) is 6.26 Å². The molecule has 0 fully saturated rings. The molecule has 0 aliphatic heterocycles. The second kappa shape index (κ2) is 5.68. The molecule has 2 nitrogen and oxygen atoms in total. The third-order valence-electron chi connectivity index (χ3n) is 1.53. The molecule has 0 amide bonds. The first-order valence-corrected chi connectivity index (χ1v) is 3.99. The largest absolute Gasteiger partial charge is 1.00 e. The van der Waals surface area contributed by atoms with Crippen LogP contribution < -0.4 is 58.2 Å². The second-order valence-electron chi connectivity index (χ2n) is 3.35. The van der Waals surface area contributed by atoms with Crippen LogP contribution in [-0.4, -0.2) is 4.98 Å². The molecule has 0 atom stereocenters. The van der Waals surface area contributed by atoms with E-state index in [0.717, 1.165) is 11.6 Å². The molecule has 0 aliphatic rings. The molecule has 0 aromatic carbocycles. The van der Waals surface area contributed by atoms with Gasteiger partial charge in [0.1, 0.15) is 0 Å². The van der Waals surface area contributed by atoms with Gasteiger partial charge in [0.05, 0.1) is 0 Å². The van der Waals surface area contributed by atoms with E-state index >= 15 is 0 Å². The Bertz CT molecular complexity index is 208. The van der Waals surface area contributed by atoms with E-state index in [1.54, 1.807) is 0 Å². The fourth-order valence-electron chi connectivity index (χ4n) is 0.763. The molecule has 0 aliphatic carbocycles. The van der Waals surface area contributed by atoms with E-state index in [4.69, 9.17) is 4.42 Å². The summed E-state index contributed by atoms with van der Waals surface area (Å²) in [5.74, 6) is 1.55. The van der Waals surface area contributed by atoms with Crippen molar-refractivity contribution in [2.24, 2.45) is 0 Å². The maximum atomic E-state index is 5.15. The van der Waals surface area contributed by atoms with Gasteiger partial charge in [-0.1, -0.05) is 34.0 Å². The Morgan fingerprint density at radius 3 is 2.00 bits per heavy atom. The fourth-order valence-corrected chi connectivity index (χ4v) is 0.763. The Labute approximate surface area is 123 Å². The summed E-state index contributed by atoms with van der Waals surface area (Å²) in [5, 5.41) is 0. The Hall–Kier alpha value is 1.02. The minimum absolute atomic E-state index is 0. The number of hydrogen-bond donors (Lipinski definition) is 0. The summed E-state index contributed by atoms with van der Waals surface area (Å²) < 4.78 is 5.15. The number of aromatic nitrogens is 1. The molecule has 1 aromatic heterocycles. The van der Waals surface area contributed by atoms with E-state index in [9.17, 15) is 0 Å². The first-order valence-electron chi connectivity index (χ1n) is 3.99. The second-order valence-corrected chi connectivity index (χ2v) is 3.35. The summed E-state index contributed by atoms with van der Waals surface area (Å²) in [6.07, 6.45) is 2.80. The molecule has 62 valence electrons. The molecule has 1 heterocycles. The molecule has 0 saturated heterocycles. The summed E-state index contributed by atoms with van der Waals surface area (Å²) >= 11 is 0. The van der Waals surface area contributed by atoms with Crippen molar-refractivity contribution in [1.82, 2.24) is 4.98 Å². The van der Waals surface area contributed by atoms with Gasteiger partial charge in [-0.25, -0.2) is 0 Å². The van der Waals surface area contributed by atoms with Crippen LogP contribution in [0.3, 0.4) is 0 Å². The van der Waals surface area contributed by atoms with E-state index in [0.29, 0.717) is 11.8 Å². The van der Waals surface area contributed by atoms with E-state index in [2.05, 4.69) is 38.9 Å². The van der Waals surface area contributed by atoms with Crippen LogP contribution in [0.15, 0.2) is 4.42 Å². The maximum Gasteiger partial charge on any atom is 1.00 e. The van der Waals surface area contributed by atoms with Crippen molar-refractivity contribution >= 4 is 0 Å². The number of hydrogen-bond acceptors (Lipinski definition) is 2. The molecule has 12 heavy (non-hydrogen) atoms. The van der Waals surface area contributed by atoms with Crippen molar-refractivity contribution in [1.29, 1.82) is 0 Å². The van der Waals surface area contributed by atoms with Gasteiger partial charge in [-0.2, -0.15) is 0 Å². The van der Waals surface area contributed by atoms with Crippen LogP contribution in [0.5, 0.6) is 0 Å². The van der Waals surface area contributed by atoms with E-state index in [1.165, 1.54) is 0 Å². The van der Waals surface area contributed by atoms with Crippen LogP contribution in [0.25, 0.3) is 0 Å². The molecular weight excluding hydrogens is 224 g/mol. The van der Waals surface area contributed by atoms with E-state index < -0.39 is 0 Å². The summed E-state index contributed by atoms with van der Waals surface area (Å²) in [5.41, 5.74) is 0.925. The number of nitrogens with zero attached hydrogens (tertiary/aromatic N) is 1. The average molecular weight is 238 g/mol. The van der Waals surface area contributed by atoms with Crippen LogP contribution in [-0.2, 0) is 0 Å². The van der Waals surface area contributed by atoms with Crippen LogP contribution in [0.2, 0.25) is 0 Å². The van der Waals surface area contributed by atoms with Crippen LogP contribution in [0.4, 0.5) is 0 Å². The van der Waals surface area contributed by atoms with Gasteiger partial charge in [0, 0.05) is 5.89 Å².